The maximum absolute atomic E-state index is 11.0. The Morgan fingerprint density at radius 2 is 1.89 bits per heavy atom. The fourth-order valence-electron chi connectivity index (χ4n) is 1.94. The molecule has 0 saturated carbocycles. The Labute approximate surface area is 112 Å². The van der Waals surface area contributed by atoms with Gasteiger partial charge in [0.25, 0.3) is 0 Å². The van der Waals surface area contributed by atoms with E-state index in [9.17, 15) is 4.79 Å². The maximum atomic E-state index is 11.0. The predicted octanol–water partition coefficient (Wildman–Crippen LogP) is 3.40. The van der Waals surface area contributed by atoms with Crippen LogP contribution in [0.1, 0.15) is 21.5 Å². The van der Waals surface area contributed by atoms with Crippen molar-refractivity contribution < 1.29 is 14.3 Å². The average Bonchev–Trinajstić information content (AvgIpc) is 2.46. The van der Waals surface area contributed by atoms with Gasteiger partial charge in [-0.25, -0.2) is 0 Å². The summed E-state index contributed by atoms with van der Waals surface area (Å²) in [5.41, 5.74) is 2.46. The van der Waals surface area contributed by atoms with Crippen LogP contribution in [0.2, 0.25) is 0 Å². The van der Waals surface area contributed by atoms with Crippen LogP contribution >= 0.6 is 0 Å². The van der Waals surface area contributed by atoms with Crippen LogP contribution < -0.4 is 9.47 Å². The Balaban J connectivity index is 2.21. The second-order valence-corrected chi connectivity index (χ2v) is 4.21. The highest BCUT2D eigenvalue weighted by Gasteiger charge is 2.08. The summed E-state index contributed by atoms with van der Waals surface area (Å²) in [6.45, 7) is 2.29. The first kappa shape index (κ1) is 13.1. The number of hydrogen-bond acceptors (Lipinski definition) is 3. The van der Waals surface area contributed by atoms with Crippen LogP contribution in [-0.4, -0.2) is 13.4 Å². The van der Waals surface area contributed by atoms with E-state index in [1.54, 1.807) is 13.2 Å². The number of para-hydroxylation sites is 2. The van der Waals surface area contributed by atoms with Crippen molar-refractivity contribution in [1.82, 2.24) is 0 Å². The minimum atomic E-state index is 0.371. The molecule has 0 aliphatic heterocycles. The van der Waals surface area contributed by atoms with Crippen LogP contribution in [0.5, 0.6) is 11.5 Å². The number of aryl methyl sites for hydroxylation is 1. The molecular weight excluding hydrogens is 240 g/mol. The van der Waals surface area contributed by atoms with E-state index in [1.807, 2.05) is 43.3 Å². The van der Waals surface area contributed by atoms with Gasteiger partial charge >= 0.3 is 0 Å². The van der Waals surface area contributed by atoms with Gasteiger partial charge in [0.15, 0.2) is 6.29 Å². The first-order valence-corrected chi connectivity index (χ1v) is 6.05. The van der Waals surface area contributed by atoms with E-state index in [0.717, 1.165) is 23.2 Å². The smallest absolute Gasteiger partial charge is 0.153 e. The number of ether oxygens (including phenoxy) is 2. The van der Waals surface area contributed by atoms with Gasteiger partial charge < -0.3 is 9.47 Å². The van der Waals surface area contributed by atoms with Crippen molar-refractivity contribution >= 4 is 6.29 Å². The molecule has 0 amide bonds. The number of carbonyl (C=O) groups is 1. The molecule has 2 aromatic carbocycles. The highest BCUT2D eigenvalue weighted by Crippen LogP contribution is 2.25. The molecule has 0 aliphatic carbocycles. The summed E-state index contributed by atoms with van der Waals surface area (Å²) < 4.78 is 11.0. The van der Waals surface area contributed by atoms with Crippen LogP contribution in [0.25, 0.3) is 0 Å². The van der Waals surface area contributed by atoms with Gasteiger partial charge in [0, 0.05) is 5.56 Å². The van der Waals surface area contributed by atoms with Gasteiger partial charge in [-0.1, -0.05) is 30.3 Å². The van der Waals surface area contributed by atoms with Crippen LogP contribution in [0, 0.1) is 6.92 Å². The van der Waals surface area contributed by atoms with Gasteiger partial charge in [-0.2, -0.15) is 0 Å². The molecule has 2 aromatic rings. The molecule has 0 bridgehead atoms. The van der Waals surface area contributed by atoms with Gasteiger partial charge in [0.05, 0.1) is 12.7 Å². The zero-order chi connectivity index (χ0) is 13.7. The van der Waals surface area contributed by atoms with Crippen LogP contribution in [-0.2, 0) is 6.61 Å². The third-order valence-corrected chi connectivity index (χ3v) is 2.93. The number of benzene rings is 2. The van der Waals surface area contributed by atoms with E-state index in [0.29, 0.717) is 17.9 Å². The van der Waals surface area contributed by atoms with Crippen molar-refractivity contribution in [2.24, 2.45) is 0 Å². The standard InChI is InChI=1S/C16H16O3/c1-12-6-5-8-13(10-17)16(12)19-11-14-7-3-4-9-15(14)18-2/h3-10H,11H2,1-2H3. The van der Waals surface area contributed by atoms with E-state index in [-0.39, 0.29) is 0 Å². The minimum Gasteiger partial charge on any atom is -0.496 e. The molecule has 3 nitrogen and oxygen atoms in total. The summed E-state index contributed by atoms with van der Waals surface area (Å²) in [6, 6.07) is 13.2. The number of rotatable bonds is 5. The Morgan fingerprint density at radius 3 is 2.63 bits per heavy atom. The van der Waals surface area contributed by atoms with Crippen molar-refractivity contribution in [3.63, 3.8) is 0 Å². The molecule has 0 saturated heterocycles. The van der Waals surface area contributed by atoms with E-state index < -0.39 is 0 Å². The lowest BCUT2D eigenvalue weighted by Crippen LogP contribution is -2.01. The normalized spacial score (nSPS) is 10.0. The molecule has 3 heteroatoms. The maximum Gasteiger partial charge on any atom is 0.153 e. The Bertz CT molecular complexity index is 576. The van der Waals surface area contributed by atoms with Crippen LogP contribution in [0.15, 0.2) is 42.5 Å². The highest BCUT2D eigenvalue weighted by atomic mass is 16.5. The monoisotopic (exact) mass is 256 g/mol. The molecule has 0 radical (unpaired) electrons. The molecule has 0 N–H and O–H groups in total. The summed E-state index contributed by atoms with van der Waals surface area (Å²) in [7, 11) is 1.63. The van der Waals surface area contributed by atoms with Crippen molar-refractivity contribution in [3.05, 3.63) is 59.2 Å². The lowest BCUT2D eigenvalue weighted by Gasteiger charge is -2.13. The zero-order valence-electron chi connectivity index (χ0n) is 11.1. The second kappa shape index (κ2) is 6.05. The Kier molecular flexibility index (Phi) is 4.18. The first-order chi connectivity index (χ1) is 9.26. The molecule has 19 heavy (non-hydrogen) atoms. The summed E-state index contributed by atoms with van der Waals surface area (Å²) in [4.78, 5) is 11.0. The van der Waals surface area contributed by atoms with Gasteiger partial charge in [-0.05, 0) is 24.6 Å². The minimum absolute atomic E-state index is 0.371. The topological polar surface area (TPSA) is 35.5 Å². The highest BCUT2D eigenvalue weighted by molar-refractivity contribution is 5.80. The van der Waals surface area contributed by atoms with E-state index in [1.165, 1.54) is 0 Å². The van der Waals surface area contributed by atoms with Gasteiger partial charge in [0.1, 0.15) is 18.1 Å². The molecule has 0 unspecified atom stereocenters. The molecule has 2 rings (SSSR count). The number of methoxy groups -OCH3 is 1. The van der Waals surface area contributed by atoms with Gasteiger partial charge in [0.2, 0.25) is 0 Å². The lowest BCUT2D eigenvalue weighted by atomic mass is 10.1. The fourth-order valence-corrected chi connectivity index (χ4v) is 1.94. The third kappa shape index (κ3) is 2.94. The summed E-state index contributed by atoms with van der Waals surface area (Å²) >= 11 is 0. The largest absolute Gasteiger partial charge is 0.496 e. The van der Waals surface area contributed by atoms with Gasteiger partial charge in [-0.15, -0.1) is 0 Å². The molecular formula is C16H16O3. The van der Waals surface area contributed by atoms with Gasteiger partial charge in [-0.3, -0.25) is 4.79 Å². The Morgan fingerprint density at radius 1 is 1.11 bits per heavy atom. The predicted molar refractivity (Wildman–Crippen MR) is 73.9 cm³/mol. The molecule has 98 valence electrons. The average molecular weight is 256 g/mol. The van der Waals surface area contributed by atoms with Crippen molar-refractivity contribution in [2.45, 2.75) is 13.5 Å². The van der Waals surface area contributed by atoms with Crippen molar-refractivity contribution in [3.8, 4) is 11.5 Å². The lowest BCUT2D eigenvalue weighted by molar-refractivity contribution is 0.111. The van der Waals surface area contributed by atoms with E-state index >= 15 is 0 Å². The zero-order valence-corrected chi connectivity index (χ0v) is 11.1. The third-order valence-electron chi connectivity index (χ3n) is 2.93. The number of hydrogen-bond donors (Lipinski definition) is 0. The van der Waals surface area contributed by atoms with E-state index in [4.69, 9.17) is 9.47 Å². The summed E-state index contributed by atoms with van der Waals surface area (Å²) in [6.07, 6.45) is 0.810. The van der Waals surface area contributed by atoms with Crippen molar-refractivity contribution in [1.29, 1.82) is 0 Å². The summed E-state index contributed by atoms with van der Waals surface area (Å²) in [5, 5.41) is 0. The first-order valence-electron chi connectivity index (χ1n) is 6.05. The molecule has 0 heterocycles. The van der Waals surface area contributed by atoms with E-state index in [2.05, 4.69) is 0 Å². The van der Waals surface area contributed by atoms with Crippen LogP contribution in [0.4, 0.5) is 0 Å². The summed E-state index contributed by atoms with van der Waals surface area (Å²) in [5.74, 6) is 1.41. The number of carbonyl (C=O) groups excluding carboxylic acids is 1. The molecule has 0 aromatic heterocycles. The Hall–Kier alpha value is -2.29. The molecule has 0 spiro atoms. The molecule has 0 fully saturated rings. The molecule has 0 aliphatic rings. The second-order valence-electron chi connectivity index (χ2n) is 4.21. The quantitative estimate of drug-likeness (QED) is 0.769. The van der Waals surface area contributed by atoms with Crippen LogP contribution in [0.3, 0.4) is 0 Å². The SMILES string of the molecule is COc1ccccc1COc1c(C)cccc1C=O. The fraction of sp³-hybridized carbons (Fsp3) is 0.188. The molecule has 0 atom stereocenters. The van der Waals surface area contributed by atoms with Crippen molar-refractivity contribution in [2.75, 3.05) is 7.11 Å². The number of aldehydes is 1.